The summed E-state index contributed by atoms with van der Waals surface area (Å²) in [5.74, 6) is 0. The molecule has 180 valence electrons. The zero-order chi connectivity index (χ0) is 23.9. The van der Waals surface area contributed by atoms with Crippen molar-refractivity contribution in [2.24, 2.45) is 0 Å². The van der Waals surface area contributed by atoms with Gasteiger partial charge in [-0.2, -0.15) is 13.2 Å². The van der Waals surface area contributed by atoms with E-state index in [0.717, 1.165) is 17.7 Å². The van der Waals surface area contributed by atoms with Gasteiger partial charge in [0, 0.05) is 24.8 Å². The molecule has 0 bridgehead atoms. The van der Waals surface area contributed by atoms with Crippen LogP contribution < -0.4 is 10.6 Å². The Morgan fingerprint density at radius 1 is 1.15 bits per heavy atom. The molecule has 2 amide bonds. The largest absolute Gasteiger partial charge is 0.416 e. The van der Waals surface area contributed by atoms with Gasteiger partial charge in [0.25, 0.3) is 0 Å². The molecular weight excluding hydrogens is 469 g/mol. The topological polar surface area (TPSA) is 86.7 Å². The van der Waals surface area contributed by atoms with Crippen molar-refractivity contribution >= 4 is 38.4 Å². The lowest BCUT2D eigenvalue weighted by Crippen LogP contribution is -2.46. The van der Waals surface area contributed by atoms with Crippen molar-refractivity contribution in [1.29, 1.82) is 0 Å². The summed E-state index contributed by atoms with van der Waals surface area (Å²) in [5, 5.41) is 17.1. The van der Waals surface area contributed by atoms with Gasteiger partial charge >= 0.3 is 12.2 Å². The number of hydrogen-bond acceptors (Lipinski definition) is 6. The predicted molar refractivity (Wildman–Crippen MR) is 123 cm³/mol. The molecule has 0 spiro atoms. The summed E-state index contributed by atoms with van der Waals surface area (Å²) >= 11 is 1.20. The lowest BCUT2D eigenvalue weighted by atomic mass is 9.92. The third-order valence-electron chi connectivity index (χ3n) is 6.18. The van der Waals surface area contributed by atoms with Crippen LogP contribution in [0.1, 0.15) is 24.0 Å². The first kappa shape index (κ1) is 22.9. The minimum Gasteiger partial charge on any atom is -0.380 e. The van der Waals surface area contributed by atoms with Crippen LogP contribution in [0.5, 0.6) is 0 Å². The van der Waals surface area contributed by atoms with E-state index in [-0.39, 0.29) is 25.3 Å². The van der Waals surface area contributed by atoms with Gasteiger partial charge in [-0.3, -0.25) is 0 Å². The Morgan fingerprint density at radius 2 is 1.85 bits per heavy atom. The number of amides is 2. The molecule has 7 nitrogen and oxygen atoms in total. The number of likely N-dealkylation sites (tertiary alicyclic amines) is 1. The van der Waals surface area contributed by atoms with Crippen molar-refractivity contribution in [3.63, 3.8) is 0 Å². The highest BCUT2D eigenvalue weighted by Gasteiger charge is 2.37. The summed E-state index contributed by atoms with van der Waals surface area (Å²) in [6.45, 7) is 1.63. The molecule has 0 saturated carbocycles. The van der Waals surface area contributed by atoms with Gasteiger partial charge in [0.2, 0.25) is 0 Å². The molecule has 2 saturated heterocycles. The van der Waals surface area contributed by atoms with Gasteiger partial charge < -0.3 is 25.4 Å². The minimum atomic E-state index is -4.38. The van der Waals surface area contributed by atoms with E-state index in [9.17, 15) is 23.1 Å². The van der Waals surface area contributed by atoms with Crippen LogP contribution in [0.4, 0.5) is 28.8 Å². The molecule has 3 N–H and O–H groups in total. The van der Waals surface area contributed by atoms with Gasteiger partial charge in [-0.1, -0.05) is 23.5 Å². The van der Waals surface area contributed by atoms with E-state index in [1.807, 2.05) is 0 Å². The molecule has 0 aliphatic carbocycles. The minimum absolute atomic E-state index is 0.0800. The number of carbonyl (C=O) groups is 1. The van der Waals surface area contributed by atoms with Gasteiger partial charge in [-0.05, 0) is 48.7 Å². The van der Waals surface area contributed by atoms with E-state index >= 15 is 0 Å². The van der Waals surface area contributed by atoms with Gasteiger partial charge in [-0.15, -0.1) is 0 Å². The Hall–Kier alpha value is -2.89. The average molecular weight is 493 g/mol. The first-order chi connectivity index (χ1) is 16.2. The quantitative estimate of drug-likeness (QED) is 0.494. The SMILES string of the molecule is O=C(Nc1ccc(C2(O)COC2)cc1)N1CCC(Nc2nc3ccc(C(F)(F)F)cc3s2)CC1. The molecule has 3 heterocycles. The summed E-state index contributed by atoms with van der Waals surface area (Å²) < 4.78 is 44.4. The number of halogens is 3. The fourth-order valence-corrected chi connectivity index (χ4v) is 5.07. The Labute approximate surface area is 197 Å². The Balaban J connectivity index is 1.14. The van der Waals surface area contributed by atoms with Crippen molar-refractivity contribution in [2.75, 3.05) is 36.9 Å². The summed E-state index contributed by atoms with van der Waals surface area (Å²) in [6, 6.07) is 10.5. The summed E-state index contributed by atoms with van der Waals surface area (Å²) in [7, 11) is 0. The third-order valence-corrected chi connectivity index (χ3v) is 7.13. The van der Waals surface area contributed by atoms with E-state index < -0.39 is 17.3 Å². The zero-order valence-electron chi connectivity index (χ0n) is 18.1. The third kappa shape index (κ3) is 4.68. The molecule has 2 aromatic carbocycles. The molecule has 34 heavy (non-hydrogen) atoms. The van der Waals surface area contributed by atoms with Crippen molar-refractivity contribution < 1.29 is 27.8 Å². The maximum Gasteiger partial charge on any atom is 0.416 e. The van der Waals surface area contributed by atoms with Crippen molar-refractivity contribution in [3.05, 3.63) is 53.6 Å². The number of piperidine rings is 1. The fraction of sp³-hybridized carbons (Fsp3) is 0.391. The molecule has 0 atom stereocenters. The zero-order valence-corrected chi connectivity index (χ0v) is 18.9. The lowest BCUT2D eigenvalue weighted by molar-refractivity contribution is -0.184. The van der Waals surface area contributed by atoms with E-state index in [1.54, 1.807) is 29.2 Å². The fourth-order valence-electron chi connectivity index (χ4n) is 4.09. The highest BCUT2D eigenvalue weighted by atomic mass is 32.1. The molecule has 11 heteroatoms. The van der Waals surface area contributed by atoms with Crippen LogP contribution in [0, 0.1) is 0 Å². The van der Waals surface area contributed by atoms with Crippen LogP contribution in [0.15, 0.2) is 42.5 Å². The van der Waals surface area contributed by atoms with Crippen molar-refractivity contribution in [2.45, 2.75) is 30.7 Å². The number of ether oxygens (including phenoxy) is 1. The van der Waals surface area contributed by atoms with Gasteiger partial charge in [-0.25, -0.2) is 9.78 Å². The summed E-state index contributed by atoms with van der Waals surface area (Å²) in [4.78, 5) is 18.8. The van der Waals surface area contributed by atoms with E-state index in [2.05, 4.69) is 15.6 Å². The molecule has 2 fully saturated rings. The molecule has 2 aliphatic rings. The summed E-state index contributed by atoms with van der Waals surface area (Å²) in [5.41, 5.74) is 0.303. The standard InChI is InChI=1S/C23H23F3N4O3S/c24-23(25,26)15-3-6-18-19(11-15)34-20(29-18)27-17-7-9-30(10-8-17)21(31)28-16-4-1-14(2-5-16)22(32)12-33-13-22/h1-6,11,17,32H,7-10,12-13H2,(H,27,29)(H,28,31). The Morgan fingerprint density at radius 3 is 2.47 bits per heavy atom. The lowest BCUT2D eigenvalue weighted by Gasteiger charge is -2.36. The molecule has 3 aromatic rings. The highest BCUT2D eigenvalue weighted by Crippen LogP contribution is 2.35. The number of aromatic nitrogens is 1. The molecular formula is C23H23F3N4O3S. The van der Waals surface area contributed by atoms with Gasteiger partial charge in [0.1, 0.15) is 5.60 Å². The molecule has 0 radical (unpaired) electrons. The van der Waals surface area contributed by atoms with Crippen LogP contribution in [0.25, 0.3) is 10.2 Å². The predicted octanol–water partition coefficient (Wildman–Crippen LogP) is 4.64. The van der Waals surface area contributed by atoms with Crippen LogP contribution >= 0.6 is 11.3 Å². The molecule has 5 rings (SSSR count). The second-order valence-electron chi connectivity index (χ2n) is 8.64. The van der Waals surface area contributed by atoms with Crippen LogP contribution in [-0.4, -0.2) is 53.4 Å². The van der Waals surface area contributed by atoms with Crippen molar-refractivity contribution in [1.82, 2.24) is 9.88 Å². The van der Waals surface area contributed by atoms with Gasteiger partial charge in [0.05, 0.1) is 29.0 Å². The summed E-state index contributed by atoms with van der Waals surface area (Å²) in [6.07, 6.45) is -2.99. The number of fused-ring (bicyclic) bond motifs is 1. The van der Waals surface area contributed by atoms with Crippen LogP contribution in [0.3, 0.4) is 0 Å². The first-order valence-electron chi connectivity index (χ1n) is 10.9. The maximum atomic E-state index is 12.9. The second-order valence-corrected chi connectivity index (χ2v) is 9.67. The molecule has 2 aliphatic heterocycles. The number of nitrogens with one attached hydrogen (secondary N) is 2. The first-order valence-corrected chi connectivity index (χ1v) is 11.7. The molecule has 1 aromatic heterocycles. The number of alkyl halides is 3. The van der Waals surface area contributed by atoms with Crippen LogP contribution in [0.2, 0.25) is 0 Å². The number of carbonyl (C=O) groups excluding carboxylic acids is 1. The number of urea groups is 1. The van der Waals surface area contributed by atoms with E-state index in [0.29, 0.717) is 47.0 Å². The van der Waals surface area contributed by atoms with Crippen molar-refractivity contribution in [3.8, 4) is 0 Å². The number of hydrogen-bond donors (Lipinski definition) is 3. The monoisotopic (exact) mass is 492 g/mol. The number of aliphatic hydroxyl groups is 1. The van der Waals surface area contributed by atoms with E-state index in [4.69, 9.17) is 4.74 Å². The number of rotatable bonds is 4. The highest BCUT2D eigenvalue weighted by molar-refractivity contribution is 7.22. The average Bonchev–Trinajstić information content (AvgIpc) is 3.19. The van der Waals surface area contributed by atoms with Gasteiger partial charge in [0.15, 0.2) is 5.13 Å². The number of thiazole rings is 1. The smallest absolute Gasteiger partial charge is 0.380 e. The van der Waals surface area contributed by atoms with E-state index in [1.165, 1.54) is 17.4 Å². The Bertz CT molecular complexity index is 1190. The van der Waals surface area contributed by atoms with Crippen LogP contribution in [-0.2, 0) is 16.5 Å². The number of nitrogens with zero attached hydrogens (tertiary/aromatic N) is 2. The maximum absolute atomic E-state index is 12.9. The second kappa shape index (κ2) is 8.71. The Kier molecular flexibility index (Phi) is 5.86. The normalized spacial score (nSPS) is 18.5. The molecule has 0 unspecified atom stereocenters. The number of anilines is 2. The number of benzene rings is 2.